The number of carbonyl (C=O) groups excluding carboxylic acids is 1. The third kappa shape index (κ3) is 3.78. The lowest BCUT2D eigenvalue weighted by Crippen LogP contribution is -2.15. The van der Waals surface area contributed by atoms with E-state index in [1.165, 1.54) is 18.3 Å². The number of rotatable bonds is 4. The molecule has 0 radical (unpaired) electrons. The average Bonchev–Trinajstić information content (AvgIpc) is 2.65. The molecule has 0 bridgehead atoms. The van der Waals surface area contributed by atoms with Crippen LogP contribution in [-0.2, 0) is 0 Å². The zero-order valence-corrected chi connectivity index (χ0v) is 14.2. The Kier molecular flexibility index (Phi) is 4.95. The van der Waals surface area contributed by atoms with Crippen LogP contribution in [0.3, 0.4) is 0 Å². The van der Waals surface area contributed by atoms with Gasteiger partial charge < -0.3 is 10.2 Å². The van der Waals surface area contributed by atoms with Gasteiger partial charge in [0.2, 0.25) is 0 Å². The summed E-state index contributed by atoms with van der Waals surface area (Å²) in [5.74, 6) is -0.426. The fourth-order valence-electron chi connectivity index (χ4n) is 2.30. The summed E-state index contributed by atoms with van der Waals surface area (Å²) in [6.45, 7) is 0. The molecule has 0 aliphatic rings. The molecule has 0 aliphatic heterocycles. The zero-order chi connectivity index (χ0) is 17.8. The maximum atomic E-state index is 13.9. The minimum Gasteiger partial charge on any atom is -0.329 e. The second kappa shape index (κ2) is 7.32. The van der Waals surface area contributed by atoms with Gasteiger partial charge in [0.05, 0.1) is 16.3 Å². The number of aromatic nitrogens is 1. The van der Waals surface area contributed by atoms with Gasteiger partial charge in [0.25, 0.3) is 5.91 Å². The average molecular weight is 356 g/mol. The molecule has 3 rings (SSSR count). The van der Waals surface area contributed by atoms with Gasteiger partial charge in [-0.05, 0) is 36.4 Å². The van der Waals surface area contributed by atoms with Crippen LogP contribution in [0, 0.1) is 5.82 Å². The fraction of sp³-hybridized carbons (Fsp3) is 0.0526. The first-order valence-corrected chi connectivity index (χ1v) is 7.94. The number of para-hydroxylation sites is 1. The van der Waals surface area contributed by atoms with Crippen molar-refractivity contribution in [3.05, 3.63) is 83.3 Å². The lowest BCUT2D eigenvalue weighted by Gasteiger charge is -2.18. The number of hydrogen-bond acceptors (Lipinski definition) is 3. The predicted octanol–water partition coefficient (Wildman–Crippen LogP) is 4.89. The van der Waals surface area contributed by atoms with Crippen LogP contribution in [0.2, 0.25) is 5.02 Å². The standard InChI is InChI=1S/C19H15ClFN3O/c1-24(14-6-3-2-4-7-14)17-11-10-13(12-22-17)19(25)23-16-9-5-8-15(20)18(16)21/h2-12H,1H3,(H,23,25). The number of pyridine rings is 1. The van der Waals surface area contributed by atoms with Crippen LogP contribution in [0.4, 0.5) is 21.6 Å². The van der Waals surface area contributed by atoms with Crippen LogP contribution in [0.15, 0.2) is 66.9 Å². The van der Waals surface area contributed by atoms with Gasteiger partial charge in [0.15, 0.2) is 5.82 Å². The molecule has 1 aromatic heterocycles. The van der Waals surface area contributed by atoms with Crippen LogP contribution >= 0.6 is 11.6 Å². The number of carbonyl (C=O) groups is 1. The number of anilines is 3. The molecule has 0 aliphatic carbocycles. The summed E-state index contributed by atoms with van der Waals surface area (Å²) in [4.78, 5) is 18.5. The maximum absolute atomic E-state index is 13.9. The first kappa shape index (κ1) is 16.9. The third-order valence-electron chi connectivity index (χ3n) is 3.70. The van der Waals surface area contributed by atoms with E-state index in [2.05, 4.69) is 10.3 Å². The Balaban J connectivity index is 1.76. The Morgan fingerprint density at radius 1 is 1.08 bits per heavy atom. The summed E-state index contributed by atoms with van der Waals surface area (Å²) in [7, 11) is 1.89. The van der Waals surface area contributed by atoms with Crippen molar-refractivity contribution in [1.82, 2.24) is 4.98 Å². The Labute approximate surface area is 149 Å². The van der Waals surface area contributed by atoms with Crippen molar-refractivity contribution in [2.45, 2.75) is 0 Å². The number of benzene rings is 2. The van der Waals surface area contributed by atoms with Crippen molar-refractivity contribution in [2.24, 2.45) is 0 Å². The highest BCUT2D eigenvalue weighted by atomic mass is 35.5. The Morgan fingerprint density at radius 3 is 2.52 bits per heavy atom. The van der Waals surface area contributed by atoms with Gasteiger partial charge in [-0.3, -0.25) is 4.79 Å². The zero-order valence-electron chi connectivity index (χ0n) is 13.4. The normalized spacial score (nSPS) is 10.4. The SMILES string of the molecule is CN(c1ccccc1)c1ccc(C(=O)Nc2cccc(Cl)c2F)cn1. The first-order valence-electron chi connectivity index (χ1n) is 7.56. The maximum Gasteiger partial charge on any atom is 0.257 e. The fourth-order valence-corrected chi connectivity index (χ4v) is 2.47. The monoisotopic (exact) mass is 355 g/mol. The molecule has 25 heavy (non-hydrogen) atoms. The second-order valence-corrected chi connectivity index (χ2v) is 5.76. The van der Waals surface area contributed by atoms with Crippen LogP contribution in [0.25, 0.3) is 0 Å². The number of halogens is 2. The van der Waals surface area contributed by atoms with E-state index in [1.807, 2.05) is 42.3 Å². The van der Waals surface area contributed by atoms with E-state index in [0.29, 0.717) is 11.4 Å². The molecule has 0 unspecified atom stereocenters. The summed E-state index contributed by atoms with van der Waals surface area (Å²) in [5, 5.41) is 2.45. The number of hydrogen-bond donors (Lipinski definition) is 1. The van der Waals surface area contributed by atoms with E-state index in [0.717, 1.165) is 5.69 Å². The van der Waals surface area contributed by atoms with Crippen LogP contribution < -0.4 is 10.2 Å². The van der Waals surface area contributed by atoms with Gasteiger partial charge in [-0.2, -0.15) is 0 Å². The summed E-state index contributed by atoms with van der Waals surface area (Å²) in [5.41, 5.74) is 1.33. The molecule has 0 saturated carbocycles. The lowest BCUT2D eigenvalue weighted by atomic mass is 10.2. The van der Waals surface area contributed by atoms with Crippen molar-refractivity contribution in [3.8, 4) is 0 Å². The van der Waals surface area contributed by atoms with Gasteiger partial charge in [0.1, 0.15) is 5.82 Å². The summed E-state index contributed by atoms with van der Waals surface area (Å²) >= 11 is 5.71. The molecule has 4 nitrogen and oxygen atoms in total. The molecule has 0 saturated heterocycles. The van der Waals surface area contributed by atoms with Crippen LogP contribution in [0.1, 0.15) is 10.4 Å². The second-order valence-electron chi connectivity index (χ2n) is 5.36. The van der Waals surface area contributed by atoms with Gasteiger partial charge in [0, 0.05) is 18.9 Å². The third-order valence-corrected chi connectivity index (χ3v) is 3.99. The van der Waals surface area contributed by atoms with Gasteiger partial charge in [-0.1, -0.05) is 35.9 Å². The largest absolute Gasteiger partial charge is 0.329 e. The number of nitrogens with zero attached hydrogens (tertiary/aromatic N) is 2. The summed E-state index contributed by atoms with van der Waals surface area (Å²) in [6, 6.07) is 17.5. The van der Waals surface area contributed by atoms with Crippen LogP contribution in [0.5, 0.6) is 0 Å². The highest BCUT2D eigenvalue weighted by Gasteiger charge is 2.12. The number of amides is 1. The molecule has 0 atom stereocenters. The highest BCUT2D eigenvalue weighted by Crippen LogP contribution is 2.23. The smallest absolute Gasteiger partial charge is 0.257 e. The van der Waals surface area contributed by atoms with E-state index in [1.54, 1.807) is 18.2 Å². The molecule has 2 aromatic carbocycles. The predicted molar refractivity (Wildman–Crippen MR) is 98.1 cm³/mol. The van der Waals surface area contributed by atoms with Crippen molar-refractivity contribution in [1.29, 1.82) is 0 Å². The Morgan fingerprint density at radius 2 is 1.84 bits per heavy atom. The molecular formula is C19H15ClFN3O. The quantitative estimate of drug-likeness (QED) is 0.724. The molecule has 1 heterocycles. The van der Waals surface area contributed by atoms with Crippen molar-refractivity contribution < 1.29 is 9.18 Å². The molecule has 0 spiro atoms. The van der Waals surface area contributed by atoms with E-state index < -0.39 is 11.7 Å². The Bertz CT molecular complexity index is 885. The number of nitrogens with one attached hydrogen (secondary N) is 1. The minimum atomic E-state index is -0.661. The Hall–Kier alpha value is -2.92. The van der Waals surface area contributed by atoms with E-state index >= 15 is 0 Å². The van der Waals surface area contributed by atoms with Gasteiger partial charge in [-0.15, -0.1) is 0 Å². The van der Waals surface area contributed by atoms with Crippen molar-refractivity contribution >= 4 is 34.7 Å². The van der Waals surface area contributed by atoms with E-state index in [9.17, 15) is 9.18 Å². The topological polar surface area (TPSA) is 45.2 Å². The first-order chi connectivity index (χ1) is 12.1. The molecule has 1 amide bonds. The molecule has 1 N–H and O–H groups in total. The van der Waals surface area contributed by atoms with Crippen molar-refractivity contribution in [2.75, 3.05) is 17.3 Å². The molecule has 0 fully saturated rings. The minimum absolute atomic E-state index is 0.0305. The highest BCUT2D eigenvalue weighted by molar-refractivity contribution is 6.31. The summed E-state index contributed by atoms with van der Waals surface area (Å²) in [6.07, 6.45) is 1.45. The van der Waals surface area contributed by atoms with Crippen LogP contribution in [-0.4, -0.2) is 17.9 Å². The molecule has 126 valence electrons. The molecule has 6 heteroatoms. The molecule has 3 aromatic rings. The summed E-state index contributed by atoms with van der Waals surface area (Å²) < 4.78 is 13.9. The van der Waals surface area contributed by atoms with E-state index in [-0.39, 0.29) is 10.7 Å². The van der Waals surface area contributed by atoms with E-state index in [4.69, 9.17) is 11.6 Å². The van der Waals surface area contributed by atoms with Crippen molar-refractivity contribution in [3.63, 3.8) is 0 Å². The lowest BCUT2D eigenvalue weighted by molar-refractivity contribution is 0.102. The van der Waals surface area contributed by atoms with Gasteiger partial charge in [-0.25, -0.2) is 9.37 Å². The van der Waals surface area contributed by atoms with Gasteiger partial charge >= 0.3 is 0 Å². The molecular weight excluding hydrogens is 341 g/mol.